The Morgan fingerprint density at radius 3 is 2.48 bits per heavy atom. The first-order chi connectivity index (χ1) is 12.1. The lowest BCUT2D eigenvalue weighted by atomic mass is 10.0. The average molecular weight is 533 g/mol. The Hall–Kier alpha value is -0.480. The highest BCUT2D eigenvalue weighted by atomic mass is 79.9. The Labute approximate surface area is 186 Å². The molecule has 1 fully saturated rings. The molecule has 5 nitrogen and oxygen atoms in total. The van der Waals surface area contributed by atoms with Gasteiger partial charge < -0.3 is 10.0 Å². The van der Waals surface area contributed by atoms with Gasteiger partial charge in [-0.05, 0) is 24.3 Å². The molecule has 0 amide bonds. The summed E-state index contributed by atoms with van der Waals surface area (Å²) in [6, 6.07) is 11.3. The highest BCUT2D eigenvalue weighted by Gasteiger charge is 2.43. The molecule has 2 aromatic carbocycles. The van der Waals surface area contributed by atoms with Crippen molar-refractivity contribution in [3.63, 3.8) is 0 Å². The fourth-order valence-corrected chi connectivity index (χ4v) is 5.35. The number of aliphatic hydroxyl groups is 1. The Balaban J connectivity index is 0.00000261. The normalized spacial score (nSPS) is 21.4. The predicted octanol–water partition coefficient (Wildman–Crippen LogP) is 5.01. The molecule has 1 aliphatic heterocycles. The van der Waals surface area contributed by atoms with Gasteiger partial charge in [0.05, 0.1) is 21.5 Å². The maximum atomic E-state index is 11.7. The maximum absolute atomic E-state index is 11.7. The van der Waals surface area contributed by atoms with E-state index in [9.17, 15) is 13.5 Å². The molecule has 1 saturated heterocycles. The van der Waals surface area contributed by atoms with E-state index in [2.05, 4.69) is 4.99 Å². The molecule has 0 bridgehead atoms. The Morgan fingerprint density at radius 2 is 1.85 bits per heavy atom. The molecular formula is C16H14BrCl3N2O3S2. The summed E-state index contributed by atoms with van der Waals surface area (Å²) in [6.45, 7) is 0. The van der Waals surface area contributed by atoms with Gasteiger partial charge in [-0.25, -0.2) is 13.4 Å². The predicted molar refractivity (Wildman–Crippen MR) is 117 cm³/mol. The quantitative estimate of drug-likeness (QED) is 0.563. The molecule has 0 radical (unpaired) electrons. The van der Waals surface area contributed by atoms with Crippen LogP contribution < -0.4 is 0 Å². The third-order valence-electron chi connectivity index (χ3n) is 3.97. The number of halogens is 4. The van der Waals surface area contributed by atoms with Gasteiger partial charge in [-0.1, -0.05) is 53.2 Å². The summed E-state index contributed by atoms with van der Waals surface area (Å²) in [4.78, 5) is 5.81. The zero-order valence-corrected chi connectivity index (χ0v) is 19.4. The van der Waals surface area contributed by atoms with Gasteiger partial charge in [-0.15, -0.1) is 17.0 Å². The second-order valence-electron chi connectivity index (χ2n) is 5.59. The molecule has 11 heteroatoms. The molecule has 146 valence electrons. The molecule has 27 heavy (non-hydrogen) atoms. The van der Waals surface area contributed by atoms with E-state index in [1.54, 1.807) is 36.2 Å². The molecule has 0 aliphatic carbocycles. The average Bonchev–Trinajstić information content (AvgIpc) is 2.86. The fraction of sp³-hybridized carbons (Fsp3) is 0.188. The molecule has 1 unspecified atom stereocenters. The van der Waals surface area contributed by atoms with Crippen LogP contribution in [0.1, 0.15) is 5.56 Å². The van der Waals surface area contributed by atoms with Crippen molar-refractivity contribution in [2.75, 3.05) is 12.8 Å². The van der Waals surface area contributed by atoms with Crippen LogP contribution in [0.5, 0.6) is 0 Å². The van der Waals surface area contributed by atoms with E-state index in [0.717, 1.165) is 0 Å². The van der Waals surface area contributed by atoms with Gasteiger partial charge >= 0.3 is 0 Å². The van der Waals surface area contributed by atoms with Crippen molar-refractivity contribution in [1.82, 2.24) is 4.90 Å². The van der Waals surface area contributed by atoms with Gasteiger partial charge in [-0.3, -0.25) is 0 Å². The summed E-state index contributed by atoms with van der Waals surface area (Å²) < 4.78 is 23.4. The van der Waals surface area contributed by atoms with Crippen LogP contribution in [0.3, 0.4) is 0 Å². The number of nitrogens with zero attached hydrogens (tertiary/aromatic N) is 2. The molecule has 1 atom stereocenters. The molecule has 0 aromatic heterocycles. The molecule has 1 aliphatic rings. The molecule has 0 spiro atoms. The third-order valence-corrected chi connectivity index (χ3v) is 7.26. The summed E-state index contributed by atoms with van der Waals surface area (Å²) in [5.41, 5.74) is -0.542. The van der Waals surface area contributed by atoms with Gasteiger partial charge in [0.1, 0.15) is 4.90 Å². The lowest BCUT2D eigenvalue weighted by Crippen LogP contribution is -2.42. The highest BCUT2D eigenvalue weighted by molar-refractivity contribution is 8.93. The summed E-state index contributed by atoms with van der Waals surface area (Å²) >= 11 is 13.4. The van der Waals surface area contributed by atoms with Crippen molar-refractivity contribution < 1.29 is 13.5 Å². The van der Waals surface area contributed by atoms with E-state index in [1.165, 1.54) is 23.9 Å². The summed E-state index contributed by atoms with van der Waals surface area (Å²) in [6.07, 6.45) is 0. The van der Waals surface area contributed by atoms with Crippen LogP contribution in [-0.2, 0) is 14.8 Å². The van der Waals surface area contributed by atoms with Gasteiger partial charge in [0.15, 0.2) is 10.9 Å². The van der Waals surface area contributed by atoms with Crippen LogP contribution in [0, 0.1) is 0 Å². The lowest BCUT2D eigenvalue weighted by molar-refractivity contribution is -0.0349. The molecule has 1 N–H and O–H groups in total. The number of benzene rings is 2. The van der Waals surface area contributed by atoms with E-state index in [0.29, 0.717) is 21.4 Å². The third kappa shape index (κ3) is 4.58. The Kier molecular flexibility index (Phi) is 7.17. The summed E-state index contributed by atoms with van der Waals surface area (Å²) in [7, 11) is 3.05. The number of hydrogen-bond donors (Lipinski definition) is 1. The molecular weight excluding hydrogens is 519 g/mol. The van der Waals surface area contributed by atoms with Crippen molar-refractivity contribution in [3.05, 3.63) is 58.1 Å². The first kappa shape index (κ1) is 22.8. The standard InChI is InChI=1S/C16H13Cl3N2O3S2.BrH/c1-21-15(20-13-5-3-2-4-11(13)17)25-9-16(21,22)10-6-7-12(18)14(8-10)26(19,23)24;/h2-8,22H,9H2,1H3;1H. The molecule has 1 heterocycles. The van der Waals surface area contributed by atoms with Crippen LogP contribution in [0.4, 0.5) is 5.69 Å². The second-order valence-corrected chi connectivity index (χ2v) is 9.88. The zero-order valence-electron chi connectivity index (χ0n) is 13.8. The van der Waals surface area contributed by atoms with E-state index in [1.807, 2.05) is 6.07 Å². The highest BCUT2D eigenvalue weighted by Crippen LogP contribution is 2.41. The second kappa shape index (κ2) is 8.49. The lowest BCUT2D eigenvalue weighted by Gasteiger charge is -2.31. The van der Waals surface area contributed by atoms with Crippen LogP contribution in [0.2, 0.25) is 10.0 Å². The number of hydrogen-bond acceptors (Lipinski definition) is 5. The molecule has 3 rings (SSSR count). The van der Waals surface area contributed by atoms with Crippen LogP contribution in [0.25, 0.3) is 0 Å². The van der Waals surface area contributed by atoms with Gasteiger partial charge in [0.25, 0.3) is 9.05 Å². The van der Waals surface area contributed by atoms with Crippen molar-refractivity contribution >= 4 is 82.5 Å². The van der Waals surface area contributed by atoms with Gasteiger partial charge in [0, 0.05) is 23.3 Å². The molecule has 0 saturated carbocycles. The number of thioether (sulfide) groups is 1. The van der Waals surface area contributed by atoms with Gasteiger partial charge in [0.2, 0.25) is 0 Å². The number of para-hydroxylation sites is 1. The van der Waals surface area contributed by atoms with E-state index in [4.69, 9.17) is 33.9 Å². The van der Waals surface area contributed by atoms with Crippen LogP contribution in [-0.4, -0.2) is 36.4 Å². The number of rotatable bonds is 3. The topological polar surface area (TPSA) is 70.0 Å². The van der Waals surface area contributed by atoms with Crippen molar-refractivity contribution in [1.29, 1.82) is 0 Å². The number of aliphatic imine (C=N–C) groups is 1. The first-order valence-electron chi connectivity index (χ1n) is 7.30. The Morgan fingerprint density at radius 1 is 1.19 bits per heavy atom. The summed E-state index contributed by atoms with van der Waals surface area (Å²) in [5.74, 6) is 0.246. The summed E-state index contributed by atoms with van der Waals surface area (Å²) in [5, 5.41) is 12.2. The van der Waals surface area contributed by atoms with E-state index in [-0.39, 0.29) is 32.7 Å². The zero-order chi connectivity index (χ0) is 19.1. The largest absolute Gasteiger partial charge is 0.366 e. The fourth-order valence-electron chi connectivity index (χ4n) is 2.49. The van der Waals surface area contributed by atoms with Crippen molar-refractivity contribution in [2.24, 2.45) is 4.99 Å². The van der Waals surface area contributed by atoms with Crippen LogP contribution in [0.15, 0.2) is 52.4 Å². The smallest absolute Gasteiger partial charge is 0.262 e. The SMILES string of the molecule is Br.CN1C(=Nc2ccccc2Cl)SCC1(O)c1ccc(Cl)c(S(=O)(=O)Cl)c1. The van der Waals surface area contributed by atoms with E-state index < -0.39 is 14.8 Å². The van der Waals surface area contributed by atoms with Crippen molar-refractivity contribution in [2.45, 2.75) is 10.6 Å². The van der Waals surface area contributed by atoms with Crippen LogP contribution >= 0.6 is 62.6 Å². The minimum absolute atomic E-state index is 0. The first-order valence-corrected chi connectivity index (χ1v) is 11.3. The van der Waals surface area contributed by atoms with Crippen molar-refractivity contribution in [3.8, 4) is 0 Å². The minimum atomic E-state index is -4.04. The van der Waals surface area contributed by atoms with Gasteiger partial charge in [-0.2, -0.15) is 0 Å². The number of amidine groups is 1. The van der Waals surface area contributed by atoms with E-state index >= 15 is 0 Å². The monoisotopic (exact) mass is 530 g/mol. The molecule has 2 aromatic rings. The minimum Gasteiger partial charge on any atom is -0.366 e. The maximum Gasteiger partial charge on any atom is 0.262 e. The Bertz CT molecular complexity index is 1000.